The zero-order valence-electron chi connectivity index (χ0n) is 22.0. The summed E-state index contributed by atoms with van der Waals surface area (Å²) in [5.41, 5.74) is 4.12. The predicted molar refractivity (Wildman–Crippen MR) is 147 cm³/mol. The summed E-state index contributed by atoms with van der Waals surface area (Å²) in [7, 11) is 0. The summed E-state index contributed by atoms with van der Waals surface area (Å²) in [6.45, 7) is 3.30. The molecular weight excluding hydrogens is 494 g/mol. The number of rotatable bonds is 9. The number of ether oxygens (including phenoxy) is 2. The molecule has 0 spiro atoms. The lowest BCUT2D eigenvalue weighted by atomic mass is 9.99. The molecule has 3 aromatic rings. The number of hydrogen-bond acceptors (Lipinski definition) is 5. The van der Waals surface area contributed by atoms with E-state index < -0.39 is 18.2 Å². The van der Waals surface area contributed by atoms with E-state index in [0.29, 0.717) is 24.4 Å². The summed E-state index contributed by atoms with van der Waals surface area (Å²) in [6, 6.07) is 23.6. The second kappa shape index (κ2) is 12.1. The number of hydrogen-bond donors (Lipinski definition) is 2. The first kappa shape index (κ1) is 26.4. The van der Waals surface area contributed by atoms with Crippen molar-refractivity contribution in [3.8, 4) is 0 Å². The van der Waals surface area contributed by atoms with Crippen LogP contribution in [0.15, 0.2) is 78.9 Å². The molecule has 2 aliphatic heterocycles. The van der Waals surface area contributed by atoms with Crippen LogP contribution in [0.4, 0.5) is 10.5 Å². The number of anilines is 1. The third-order valence-electron chi connectivity index (χ3n) is 7.06. The van der Waals surface area contributed by atoms with Gasteiger partial charge in [-0.2, -0.15) is 0 Å². The van der Waals surface area contributed by atoms with Crippen molar-refractivity contribution < 1.29 is 23.9 Å². The zero-order chi connectivity index (χ0) is 27.2. The van der Waals surface area contributed by atoms with E-state index in [2.05, 4.69) is 10.6 Å². The molecule has 0 saturated carbocycles. The third kappa shape index (κ3) is 6.64. The van der Waals surface area contributed by atoms with Crippen LogP contribution in [0.5, 0.6) is 0 Å². The monoisotopic (exact) mass is 527 g/mol. The molecule has 8 heteroatoms. The van der Waals surface area contributed by atoms with E-state index in [4.69, 9.17) is 9.47 Å². The van der Waals surface area contributed by atoms with Gasteiger partial charge in [0.15, 0.2) is 12.1 Å². The first-order valence-electron chi connectivity index (χ1n) is 13.3. The molecule has 2 saturated heterocycles. The van der Waals surface area contributed by atoms with Crippen LogP contribution < -0.4 is 10.6 Å². The predicted octanol–water partition coefficient (Wildman–Crippen LogP) is 4.53. The van der Waals surface area contributed by atoms with E-state index >= 15 is 0 Å². The van der Waals surface area contributed by atoms with Crippen molar-refractivity contribution in [2.24, 2.45) is 0 Å². The number of nitrogens with zero attached hydrogens (tertiary/aromatic N) is 1. The summed E-state index contributed by atoms with van der Waals surface area (Å²) >= 11 is 0. The fourth-order valence-electron chi connectivity index (χ4n) is 5.00. The van der Waals surface area contributed by atoms with E-state index in [0.717, 1.165) is 29.5 Å². The van der Waals surface area contributed by atoms with Gasteiger partial charge in [0.05, 0.1) is 19.1 Å². The van der Waals surface area contributed by atoms with Crippen molar-refractivity contribution in [1.82, 2.24) is 10.2 Å². The lowest BCUT2D eigenvalue weighted by molar-refractivity contribution is -0.127. The Morgan fingerprint density at radius 1 is 0.974 bits per heavy atom. The smallest absolute Gasteiger partial charge is 0.411 e. The van der Waals surface area contributed by atoms with Gasteiger partial charge in [0.2, 0.25) is 11.8 Å². The van der Waals surface area contributed by atoms with Gasteiger partial charge < -0.3 is 20.1 Å². The van der Waals surface area contributed by atoms with Crippen LogP contribution in [0.2, 0.25) is 0 Å². The maximum Gasteiger partial charge on any atom is 0.411 e. The van der Waals surface area contributed by atoms with Crippen molar-refractivity contribution in [2.75, 3.05) is 18.5 Å². The normalized spacial score (nSPS) is 20.5. The van der Waals surface area contributed by atoms with Crippen molar-refractivity contribution >= 4 is 23.6 Å². The number of nitrogens with one attached hydrogen (secondary N) is 2. The largest absolute Gasteiger partial charge is 0.438 e. The van der Waals surface area contributed by atoms with E-state index in [9.17, 15) is 14.4 Å². The van der Waals surface area contributed by atoms with Crippen LogP contribution in [0.3, 0.4) is 0 Å². The molecule has 3 aromatic carbocycles. The SMILES string of the molecule is Cc1ccc(CN2C(=O)O[C@H](c3cccc(NC(=O)Cc4ccccc4)c3)[C@H]2C(=O)NC[C@H]2CCCO2)cc1. The molecule has 2 fully saturated rings. The second-order valence-electron chi connectivity index (χ2n) is 10.1. The summed E-state index contributed by atoms with van der Waals surface area (Å²) < 4.78 is 11.5. The lowest BCUT2D eigenvalue weighted by Crippen LogP contribution is -2.47. The van der Waals surface area contributed by atoms with Gasteiger partial charge in [-0.3, -0.25) is 14.5 Å². The van der Waals surface area contributed by atoms with Gasteiger partial charge in [-0.15, -0.1) is 0 Å². The van der Waals surface area contributed by atoms with Gasteiger partial charge in [0, 0.05) is 18.8 Å². The molecule has 2 N–H and O–H groups in total. The molecule has 8 nitrogen and oxygen atoms in total. The minimum Gasteiger partial charge on any atom is -0.438 e. The Labute approximate surface area is 228 Å². The maximum absolute atomic E-state index is 13.5. The molecule has 5 rings (SSSR count). The minimum absolute atomic E-state index is 0.0286. The third-order valence-corrected chi connectivity index (χ3v) is 7.06. The molecule has 0 aromatic heterocycles. The second-order valence-corrected chi connectivity index (χ2v) is 10.1. The van der Waals surface area contributed by atoms with Gasteiger partial charge in [-0.1, -0.05) is 72.3 Å². The number of amides is 3. The number of carbonyl (C=O) groups is 3. The number of benzene rings is 3. The van der Waals surface area contributed by atoms with Crippen LogP contribution in [-0.2, 0) is 32.0 Å². The van der Waals surface area contributed by atoms with Crippen molar-refractivity contribution in [3.05, 3.63) is 101 Å². The molecule has 202 valence electrons. The van der Waals surface area contributed by atoms with E-state index in [1.165, 1.54) is 4.90 Å². The molecule has 0 unspecified atom stereocenters. The van der Waals surface area contributed by atoms with Gasteiger partial charge in [0.1, 0.15) is 0 Å². The highest BCUT2D eigenvalue weighted by Gasteiger charge is 2.47. The summed E-state index contributed by atoms with van der Waals surface area (Å²) in [6.07, 6.45) is 0.675. The highest BCUT2D eigenvalue weighted by Crippen LogP contribution is 2.35. The number of cyclic esters (lactones) is 1. The van der Waals surface area contributed by atoms with E-state index in [-0.39, 0.29) is 30.9 Å². The average molecular weight is 528 g/mol. The molecule has 0 bridgehead atoms. The van der Waals surface area contributed by atoms with Gasteiger partial charge >= 0.3 is 6.09 Å². The average Bonchev–Trinajstić information content (AvgIpc) is 3.57. The van der Waals surface area contributed by atoms with Crippen molar-refractivity contribution in [3.63, 3.8) is 0 Å². The summed E-state index contributed by atoms with van der Waals surface area (Å²) in [4.78, 5) is 40.8. The van der Waals surface area contributed by atoms with Crippen LogP contribution in [0.25, 0.3) is 0 Å². The molecule has 0 aliphatic carbocycles. The Kier molecular flexibility index (Phi) is 8.22. The quantitative estimate of drug-likeness (QED) is 0.426. The van der Waals surface area contributed by atoms with Crippen LogP contribution in [0.1, 0.15) is 41.2 Å². The molecular formula is C31H33N3O5. The zero-order valence-corrected chi connectivity index (χ0v) is 22.0. The maximum atomic E-state index is 13.5. The topological polar surface area (TPSA) is 97.0 Å². The van der Waals surface area contributed by atoms with E-state index in [1.54, 1.807) is 24.3 Å². The molecule has 0 radical (unpaired) electrons. The minimum atomic E-state index is -0.879. The van der Waals surface area contributed by atoms with Crippen LogP contribution in [-0.4, -0.2) is 48.1 Å². The van der Waals surface area contributed by atoms with Crippen molar-refractivity contribution in [2.45, 2.75) is 51.0 Å². The Morgan fingerprint density at radius 3 is 2.51 bits per heavy atom. The molecule has 3 amide bonds. The summed E-state index contributed by atoms with van der Waals surface area (Å²) in [5, 5.41) is 5.90. The standard InChI is InChI=1S/C31H33N3O5/c1-21-12-14-23(15-13-21)20-34-28(30(36)32-19-26-11-6-16-38-26)29(39-31(34)37)24-9-5-10-25(18-24)33-27(35)17-22-7-3-2-4-8-22/h2-5,7-10,12-15,18,26,28-29H,6,11,16-17,19-20H2,1H3,(H,32,36)(H,33,35)/t26-,28+,29-/m1/s1. The number of carbonyl (C=O) groups excluding carboxylic acids is 3. The van der Waals surface area contributed by atoms with Gasteiger partial charge in [-0.05, 0) is 48.6 Å². The highest BCUT2D eigenvalue weighted by molar-refractivity contribution is 5.92. The highest BCUT2D eigenvalue weighted by atomic mass is 16.6. The first-order valence-corrected chi connectivity index (χ1v) is 13.3. The Balaban J connectivity index is 1.35. The Bertz CT molecular complexity index is 1310. The molecule has 3 atom stereocenters. The van der Waals surface area contributed by atoms with Gasteiger partial charge in [0.25, 0.3) is 0 Å². The number of aryl methyl sites for hydroxylation is 1. The Hall–Kier alpha value is -4.17. The van der Waals surface area contributed by atoms with Gasteiger partial charge in [-0.25, -0.2) is 4.79 Å². The van der Waals surface area contributed by atoms with E-state index in [1.807, 2.05) is 61.5 Å². The summed E-state index contributed by atoms with van der Waals surface area (Å²) in [5.74, 6) is -0.458. The Morgan fingerprint density at radius 2 is 1.77 bits per heavy atom. The first-order chi connectivity index (χ1) is 19.0. The fourth-order valence-corrected chi connectivity index (χ4v) is 5.00. The van der Waals surface area contributed by atoms with Crippen LogP contribution in [0, 0.1) is 6.92 Å². The fraction of sp³-hybridized carbons (Fsp3) is 0.323. The molecule has 2 aliphatic rings. The van der Waals surface area contributed by atoms with Crippen molar-refractivity contribution in [1.29, 1.82) is 0 Å². The lowest BCUT2D eigenvalue weighted by Gasteiger charge is -2.25. The molecule has 39 heavy (non-hydrogen) atoms. The van der Waals surface area contributed by atoms with Crippen LogP contribution >= 0.6 is 0 Å². The molecule has 2 heterocycles.